The summed E-state index contributed by atoms with van der Waals surface area (Å²) in [7, 11) is 5.58. The van der Waals surface area contributed by atoms with Crippen molar-refractivity contribution < 1.29 is 13.9 Å². The van der Waals surface area contributed by atoms with Gasteiger partial charge in [0, 0.05) is 31.7 Å². The van der Waals surface area contributed by atoms with Crippen molar-refractivity contribution in [2.45, 2.75) is 51.7 Å². The number of guanidine groups is 1. The molecule has 0 saturated heterocycles. The van der Waals surface area contributed by atoms with E-state index in [1.165, 1.54) is 6.07 Å². The summed E-state index contributed by atoms with van der Waals surface area (Å²) >= 11 is 0. The lowest BCUT2D eigenvalue weighted by molar-refractivity contribution is -0.149. The molecule has 1 fully saturated rings. The van der Waals surface area contributed by atoms with Crippen LogP contribution in [-0.4, -0.2) is 50.6 Å². The molecule has 1 saturated carbocycles. The lowest BCUT2D eigenvalue weighted by Gasteiger charge is -2.29. The molecule has 0 spiro atoms. The quantitative estimate of drug-likeness (QED) is 0.250. The zero-order valence-electron chi connectivity index (χ0n) is 17.8. The molecular weight excluding hydrogens is 486 g/mol. The second-order valence-electron chi connectivity index (χ2n) is 7.53. The summed E-state index contributed by atoms with van der Waals surface area (Å²) in [6, 6.07) is 5.48. The summed E-state index contributed by atoms with van der Waals surface area (Å²) in [5, 5.41) is 6.73. The molecule has 1 aliphatic carbocycles. The molecule has 6 nitrogen and oxygen atoms in total. The molecule has 1 aromatic carbocycles. The van der Waals surface area contributed by atoms with Gasteiger partial charge in [0.05, 0.1) is 12.5 Å². The highest BCUT2D eigenvalue weighted by atomic mass is 127. The fourth-order valence-electron chi connectivity index (χ4n) is 3.51. The number of hydrogen-bond acceptors (Lipinski definition) is 4. The summed E-state index contributed by atoms with van der Waals surface area (Å²) < 4.78 is 19.0. The van der Waals surface area contributed by atoms with Crippen molar-refractivity contribution in [3.05, 3.63) is 35.1 Å². The van der Waals surface area contributed by atoms with Gasteiger partial charge in [0.25, 0.3) is 0 Å². The number of ether oxygens (including phenoxy) is 1. The number of aliphatic imine (C=N–C) groups is 1. The number of rotatable bonds is 7. The number of carbonyl (C=O) groups is 1. The van der Waals surface area contributed by atoms with Gasteiger partial charge < -0.3 is 20.3 Å². The molecule has 2 N–H and O–H groups in total. The first kappa shape index (κ1) is 25.6. The Labute approximate surface area is 190 Å². The fourth-order valence-corrected chi connectivity index (χ4v) is 3.51. The predicted molar refractivity (Wildman–Crippen MR) is 125 cm³/mol. The summed E-state index contributed by atoms with van der Waals surface area (Å²) in [4.78, 5) is 18.1. The van der Waals surface area contributed by atoms with Crippen molar-refractivity contribution in [2.75, 3.05) is 27.7 Å². The summed E-state index contributed by atoms with van der Waals surface area (Å²) in [5.41, 5.74) is 1.69. The van der Waals surface area contributed by atoms with Gasteiger partial charge in [-0.1, -0.05) is 6.07 Å². The van der Waals surface area contributed by atoms with E-state index in [1.54, 1.807) is 13.1 Å². The van der Waals surface area contributed by atoms with Gasteiger partial charge in [0.15, 0.2) is 5.96 Å². The molecule has 0 bridgehead atoms. The molecule has 0 amide bonds. The molecule has 29 heavy (non-hydrogen) atoms. The summed E-state index contributed by atoms with van der Waals surface area (Å²) in [5.74, 6) is 0.479. The fraction of sp³-hybridized carbons (Fsp3) is 0.619. The van der Waals surface area contributed by atoms with E-state index in [4.69, 9.17) is 4.74 Å². The monoisotopic (exact) mass is 520 g/mol. The topological polar surface area (TPSA) is 66.0 Å². The number of esters is 1. The number of nitrogens with zero attached hydrogens (tertiary/aromatic N) is 2. The number of carbonyl (C=O) groups excluding carboxylic acids is 1. The van der Waals surface area contributed by atoms with Crippen LogP contribution in [-0.2, 0) is 22.6 Å². The van der Waals surface area contributed by atoms with Gasteiger partial charge in [-0.15, -0.1) is 24.0 Å². The van der Waals surface area contributed by atoms with Crippen LogP contribution in [0.1, 0.15) is 43.7 Å². The maximum absolute atomic E-state index is 13.9. The summed E-state index contributed by atoms with van der Waals surface area (Å²) in [6.07, 6.45) is 3.49. The lowest BCUT2D eigenvalue weighted by atomic mass is 9.86. The first-order chi connectivity index (χ1) is 13.4. The molecule has 164 valence electrons. The molecule has 0 aromatic heterocycles. The normalized spacial score (nSPS) is 19.4. The van der Waals surface area contributed by atoms with Crippen LogP contribution in [0.3, 0.4) is 0 Å². The van der Waals surface area contributed by atoms with E-state index in [0.29, 0.717) is 25.3 Å². The van der Waals surface area contributed by atoms with Gasteiger partial charge in [0.2, 0.25) is 0 Å². The van der Waals surface area contributed by atoms with Gasteiger partial charge >= 0.3 is 5.97 Å². The van der Waals surface area contributed by atoms with E-state index in [2.05, 4.69) is 15.6 Å². The molecule has 0 radical (unpaired) electrons. The van der Waals surface area contributed by atoms with E-state index < -0.39 is 0 Å². The second kappa shape index (κ2) is 13.0. The van der Waals surface area contributed by atoms with E-state index in [0.717, 1.165) is 37.2 Å². The van der Waals surface area contributed by atoms with Gasteiger partial charge in [-0.25, -0.2) is 4.39 Å². The van der Waals surface area contributed by atoms with Crippen LogP contribution >= 0.6 is 24.0 Å². The largest absolute Gasteiger partial charge is 0.466 e. The number of hydrogen-bond donors (Lipinski definition) is 2. The van der Waals surface area contributed by atoms with Crippen molar-refractivity contribution in [1.82, 2.24) is 15.5 Å². The van der Waals surface area contributed by atoms with Crippen LogP contribution in [0.4, 0.5) is 4.39 Å². The van der Waals surface area contributed by atoms with Crippen LogP contribution in [0.25, 0.3) is 0 Å². The molecule has 2 rings (SSSR count). The number of nitrogens with one attached hydrogen (secondary N) is 2. The van der Waals surface area contributed by atoms with E-state index in [9.17, 15) is 9.18 Å². The smallest absolute Gasteiger partial charge is 0.308 e. The van der Waals surface area contributed by atoms with Crippen molar-refractivity contribution in [2.24, 2.45) is 10.9 Å². The Kier molecular flexibility index (Phi) is 11.5. The Hall–Kier alpha value is -1.42. The maximum atomic E-state index is 13.9. The Morgan fingerprint density at radius 2 is 1.97 bits per heavy atom. The zero-order valence-corrected chi connectivity index (χ0v) is 20.2. The van der Waals surface area contributed by atoms with E-state index in [1.807, 2.05) is 32.0 Å². The molecule has 0 aliphatic heterocycles. The van der Waals surface area contributed by atoms with Gasteiger partial charge in [-0.2, -0.15) is 0 Å². The van der Waals surface area contributed by atoms with Gasteiger partial charge in [-0.3, -0.25) is 9.79 Å². The van der Waals surface area contributed by atoms with Crippen LogP contribution in [0.2, 0.25) is 0 Å². The molecular formula is C21H34FIN4O2. The Balaban J connectivity index is 0.00000420. The third-order valence-electron chi connectivity index (χ3n) is 4.97. The minimum atomic E-state index is -0.182. The highest BCUT2D eigenvalue weighted by Gasteiger charge is 2.27. The van der Waals surface area contributed by atoms with Crippen LogP contribution in [0.5, 0.6) is 0 Å². The highest BCUT2D eigenvalue weighted by Crippen LogP contribution is 2.25. The average molecular weight is 520 g/mol. The van der Waals surface area contributed by atoms with Crippen LogP contribution < -0.4 is 10.6 Å². The maximum Gasteiger partial charge on any atom is 0.308 e. The first-order valence-corrected chi connectivity index (χ1v) is 9.98. The van der Waals surface area contributed by atoms with E-state index >= 15 is 0 Å². The molecule has 0 atom stereocenters. The Morgan fingerprint density at radius 3 is 2.55 bits per heavy atom. The SMILES string of the molecule is CCOC(=O)C1CCC(NC(=NC)NCc2ccc(F)c(CN(C)C)c2)CC1.I. The van der Waals surface area contributed by atoms with E-state index in [-0.39, 0.29) is 47.7 Å². The summed E-state index contributed by atoms with van der Waals surface area (Å²) in [6.45, 7) is 3.41. The highest BCUT2D eigenvalue weighted by molar-refractivity contribution is 14.0. The molecule has 0 heterocycles. The second-order valence-corrected chi connectivity index (χ2v) is 7.53. The first-order valence-electron chi connectivity index (χ1n) is 9.98. The third-order valence-corrected chi connectivity index (χ3v) is 4.97. The van der Waals surface area contributed by atoms with Gasteiger partial charge in [-0.05, 0) is 64.4 Å². The zero-order chi connectivity index (χ0) is 20.5. The molecule has 1 aliphatic rings. The minimum Gasteiger partial charge on any atom is -0.466 e. The molecule has 0 unspecified atom stereocenters. The van der Waals surface area contributed by atoms with Crippen LogP contribution in [0, 0.1) is 11.7 Å². The van der Waals surface area contributed by atoms with Crippen LogP contribution in [0.15, 0.2) is 23.2 Å². The van der Waals surface area contributed by atoms with Crippen molar-refractivity contribution in [3.63, 3.8) is 0 Å². The standard InChI is InChI=1S/C21H33FN4O2.HI/c1-5-28-20(27)16-7-9-18(10-8-16)25-21(23-2)24-13-15-6-11-19(22)17(12-15)14-26(3)4;/h6,11-12,16,18H,5,7-10,13-14H2,1-4H3,(H2,23,24,25);1H. The lowest BCUT2D eigenvalue weighted by Crippen LogP contribution is -2.45. The number of halogens is 2. The Morgan fingerprint density at radius 1 is 1.28 bits per heavy atom. The third kappa shape index (κ3) is 8.46. The Bertz CT molecular complexity index is 677. The number of benzene rings is 1. The molecule has 1 aromatic rings. The van der Waals surface area contributed by atoms with Crippen molar-refractivity contribution in [3.8, 4) is 0 Å². The predicted octanol–water partition coefficient (Wildman–Crippen LogP) is 3.29. The average Bonchev–Trinajstić information content (AvgIpc) is 2.67. The van der Waals surface area contributed by atoms with Gasteiger partial charge in [0.1, 0.15) is 5.82 Å². The van der Waals surface area contributed by atoms with Crippen molar-refractivity contribution >= 4 is 35.9 Å². The molecule has 8 heteroatoms. The van der Waals surface area contributed by atoms with Crippen molar-refractivity contribution in [1.29, 1.82) is 0 Å². The minimum absolute atomic E-state index is 0.